The van der Waals surface area contributed by atoms with Crippen LogP contribution in [0.15, 0.2) is 18.2 Å². The van der Waals surface area contributed by atoms with Crippen molar-refractivity contribution < 1.29 is 4.79 Å². The average Bonchev–Trinajstić information content (AvgIpc) is 3.40. The summed E-state index contributed by atoms with van der Waals surface area (Å²) < 4.78 is 0. The van der Waals surface area contributed by atoms with Crippen molar-refractivity contribution in [2.75, 3.05) is 38.0 Å². The van der Waals surface area contributed by atoms with Crippen molar-refractivity contribution in [3.63, 3.8) is 0 Å². The van der Waals surface area contributed by atoms with E-state index < -0.39 is 0 Å². The van der Waals surface area contributed by atoms with E-state index in [-0.39, 0.29) is 5.91 Å². The van der Waals surface area contributed by atoms with Gasteiger partial charge >= 0.3 is 0 Å². The Bertz CT molecular complexity index is 803. The third-order valence-corrected chi connectivity index (χ3v) is 6.50. The number of amides is 1. The number of hydrogen-bond acceptors (Lipinski definition) is 7. The summed E-state index contributed by atoms with van der Waals surface area (Å²) >= 11 is 1.56. The van der Waals surface area contributed by atoms with Crippen LogP contribution in [0.2, 0.25) is 0 Å². The van der Waals surface area contributed by atoms with Gasteiger partial charge in [0.2, 0.25) is 11.0 Å². The number of carbonyl (C=O) groups excluding carboxylic acids is 1. The molecule has 28 heavy (non-hydrogen) atoms. The van der Waals surface area contributed by atoms with Crippen molar-refractivity contribution in [2.24, 2.45) is 0 Å². The molecule has 0 bridgehead atoms. The van der Waals surface area contributed by atoms with Crippen LogP contribution in [0.25, 0.3) is 0 Å². The quantitative estimate of drug-likeness (QED) is 0.803. The minimum Gasteiger partial charge on any atom is -0.342 e. The van der Waals surface area contributed by atoms with Crippen LogP contribution in [-0.4, -0.2) is 63.6 Å². The van der Waals surface area contributed by atoms with Gasteiger partial charge in [-0.2, -0.15) is 0 Å². The number of piperidine rings is 1. The van der Waals surface area contributed by atoms with Gasteiger partial charge in [-0.1, -0.05) is 24.3 Å². The summed E-state index contributed by atoms with van der Waals surface area (Å²) in [6, 6.07) is 6.11. The molecule has 0 aromatic carbocycles. The standard InChI is InChI=1S/C20H28N6OS/c1-2-18-23-24-20(28-18)22-17-9-5-8-16(21-17)15-7-6-10-25(13-15)14-19(27)26-11-3-4-12-26/h5,8-9,15H,2-4,6-7,10-14H2,1H3,(H,21,22,24). The third-order valence-electron chi connectivity index (χ3n) is 5.52. The van der Waals surface area contributed by atoms with Crippen molar-refractivity contribution >= 4 is 28.2 Å². The molecule has 0 radical (unpaired) electrons. The number of nitrogens with one attached hydrogen (secondary N) is 1. The molecule has 150 valence electrons. The van der Waals surface area contributed by atoms with E-state index in [0.717, 1.165) is 79.9 Å². The molecule has 1 amide bonds. The first kappa shape index (κ1) is 19.3. The minimum absolute atomic E-state index is 0.282. The zero-order valence-electron chi connectivity index (χ0n) is 16.4. The van der Waals surface area contributed by atoms with E-state index >= 15 is 0 Å². The van der Waals surface area contributed by atoms with Crippen molar-refractivity contribution in [1.82, 2.24) is 25.0 Å². The number of nitrogens with zero attached hydrogens (tertiary/aromatic N) is 5. The van der Waals surface area contributed by atoms with Gasteiger partial charge in [0, 0.05) is 31.2 Å². The molecule has 0 saturated carbocycles. The lowest BCUT2D eigenvalue weighted by atomic mass is 9.94. The molecule has 2 fully saturated rings. The van der Waals surface area contributed by atoms with Crippen LogP contribution >= 0.6 is 11.3 Å². The van der Waals surface area contributed by atoms with Crippen molar-refractivity contribution in [2.45, 2.75) is 44.9 Å². The van der Waals surface area contributed by atoms with Gasteiger partial charge in [0.05, 0.1) is 6.54 Å². The highest BCUT2D eigenvalue weighted by Crippen LogP contribution is 2.27. The van der Waals surface area contributed by atoms with E-state index in [9.17, 15) is 4.79 Å². The Kier molecular flexibility index (Phi) is 6.17. The summed E-state index contributed by atoms with van der Waals surface area (Å²) in [6.07, 6.45) is 5.40. The molecule has 2 aromatic rings. The van der Waals surface area contributed by atoms with Gasteiger partial charge in [0.25, 0.3) is 0 Å². The van der Waals surface area contributed by atoms with Gasteiger partial charge in [0.15, 0.2) is 0 Å². The fourth-order valence-corrected chi connectivity index (χ4v) is 4.69. The maximum atomic E-state index is 12.5. The molecule has 2 aliphatic heterocycles. The predicted octanol–water partition coefficient (Wildman–Crippen LogP) is 3.04. The lowest BCUT2D eigenvalue weighted by Gasteiger charge is -2.33. The topological polar surface area (TPSA) is 74.2 Å². The second kappa shape index (κ2) is 8.96. The van der Waals surface area contributed by atoms with E-state index in [2.05, 4.69) is 33.4 Å². The Labute approximate surface area is 170 Å². The Morgan fingerprint density at radius 2 is 2.07 bits per heavy atom. The smallest absolute Gasteiger partial charge is 0.236 e. The van der Waals surface area contributed by atoms with Gasteiger partial charge in [-0.05, 0) is 50.8 Å². The zero-order valence-corrected chi connectivity index (χ0v) is 17.2. The molecule has 4 heterocycles. The lowest BCUT2D eigenvalue weighted by Crippen LogP contribution is -2.43. The molecule has 2 aliphatic rings. The van der Waals surface area contributed by atoms with Crippen LogP contribution in [0.5, 0.6) is 0 Å². The molecule has 7 nitrogen and oxygen atoms in total. The number of anilines is 2. The summed E-state index contributed by atoms with van der Waals surface area (Å²) in [5, 5.41) is 13.4. The van der Waals surface area contributed by atoms with Crippen LogP contribution in [0.1, 0.15) is 49.2 Å². The van der Waals surface area contributed by atoms with Gasteiger partial charge in [-0.25, -0.2) is 4.98 Å². The molecule has 4 rings (SSSR count). The molecular weight excluding hydrogens is 372 g/mol. The number of hydrogen-bond donors (Lipinski definition) is 1. The first-order valence-electron chi connectivity index (χ1n) is 10.3. The van der Waals surface area contributed by atoms with Gasteiger partial charge in [0.1, 0.15) is 10.8 Å². The van der Waals surface area contributed by atoms with Crippen LogP contribution < -0.4 is 5.32 Å². The number of aryl methyl sites for hydroxylation is 1. The van der Waals surface area contributed by atoms with Gasteiger partial charge in [-0.15, -0.1) is 10.2 Å². The van der Waals surface area contributed by atoms with E-state index in [1.165, 1.54) is 0 Å². The Balaban J connectivity index is 1.38. The molecule has 8 heteroatoms. The molecule has 0 spiro atoms. The third kappa shape index (κ3) is 4.67. The Morgan fingerprint density at radius 3 is 2.86 bits per heavy atom. The normalized spacial score (nSPS) is 20.5. The predicted molar refractivity (Wildman–Crippen MR) is 111 cm³/mol. The zero-order chi connectivity index (χ0) is 19.3. The lowest BCUT2D eigenvalue weighted by molar-refractivity contribution is -0.131. The Morgan fingerprint density at radius 1 is 1.21 bits per heavy atom. The first-order valence-corrected chi connectivity index (χ1v) is 11.1. The van der Waals surface area contributed by atoms with Crippen LogP contribution in [0, 0.1) is 0 Å². The number of aromatic nitrogens is 3. The molecule has 2 aromatic heterocycles. The summed E-state index contributed by atoms with van der Waals surface area (Å²) in [5.41, 5.74) is 1.09. The summed E-state index contributed by atoms with van der Waals surface area (Å²) in [4.78, 5) is 21.6. The summed E-state index contributed by atoms with van der Waals surface area (Å²) in [5.74, 6) is 1.45. The molecule has 2 saturated heterocycles. The highest BCUT2D eigenvalue weighted by molar-refractivity contribution is 7.15. The Hall–Kier alpha value is -2.06. The van der Waals surface area contributed by atoms with Crippen LogP contribution in [0.3, 0.4) is 0 Å². The average molecular weight is 401 g/mol. The number of rotatable bonds is 6. The number of likely N-dealkylation sites (tertiary alicyclic amines) is 2. The summed E-state index contributed by atoms with van der Waals surface area (Å²) in [7, 11) is 0. The van der Waals surface area contributed by atoms with Crippen LogP contribution in [-0.2, 0) is 11.2 Å². The van der Waals surface area contributed by atoms with E-state index in [1.807, 2.05) is 17.0 Å². The van der Waals surface area contributed by atoms with Crippen LogP contribution in [0.4, 0.5) is 10.9 Å². The number of carbonyl (C=O) groups is 1. The van der Waals surface area contributed by atoms with Crippen molar-refractivity contribution in [3.8, 4) is 0 Å². The largest absolute Gasteiger partial charge is 0.342 e. The molecule has 1 atom stereocenters. The van der Waals surface area contributed by atoms with Gasteiger partial charge < -0.3 is 10.2 Å². The summed E-state index contributed by atoms with van der Waals surface area (Å²) in [6.45, 7) is 6.37. The molecular formula is C20H28N6OS. The maximum Gasteiger partial charge on any atom is 0.236 e. The number of pyridine rings is 1. The molecule has 1 unspecified atom stereocenters. The SMILES string of the molecule is CCc1nnc(Nc2cccc(C3CCCN(CC(=O)N4CCCC4)C3)n2)s1. The second-order valence-corrected chi connectivity index (χ2v) is 8.65. The maximum absolute atomic E-state index is 12.5. The highest BCUT2D eigenvalue weighted by Gasteiger charge is 2.26. The highest BCUT2D eigenvalue weighted by atomic mass is 32.1. The first-order chi connectivity index (χ1) is 13.7. The van der Waals surface area contributed by atoms with Gasteiger partial charge in [-0.3, -0.25) is 9.69 Å². The van der Waals surface area contributed by atoms with E-state index in [0.29, 0.717) is 12.5 Å². The fourth-order valence-electron chi connectivity index (χ4n) is 4.00. The monoisotopic (exact) mass is 400 g/mol. The van der Waals surface area contributed by atoms with Crippen molar-refractivity contribution in [3.05, 3.63) is 28.9 Å². The van der Waals surface area contributed by atoms with E-state index in [1.54, 1.807) is 11.3 Å². The van der Waals surface area contributed by atoms with Crippen molar-refractivity contribution in [1.29, 1.82) is 0 Å². The fraction of sp³-hybridized carbons (Fsp3) is 0.600. The van der Waals surface area contributed by atoms with E-state index in [4.69, 9.17) is 4.98 Å². The molecule has 1 N–H and O–H groups in total. The second-order valence-electron chi connectivity index (χ2n) is 7.59. The minimum atomic E-state index is 0.282. The molecule has 0 aliphatic carbocycles.